The van der Waals surface area contributed by atoms with Crippen LogP contribution in [0.2, 0.25) is 0 Å². The molecule has 2 heterocycles. The zero-order valence-electron chi connectivity index (χ0n) is 11.1. The van der Waals surface area contributed by atoms with E-state index in [1.807, 2.05) is 42.5 Å². The third-order valence-corrected chi connectivity index (χ3v) is 4.06. The topological polar surface area (TPSA) is 63.1 Å². The van der Waals surface area contributed by atoms with E-state index in [0.717, 1.165) is 16.1 Å². The van der Waals surface area contributed by atoms with Crippen LogP contribution in [0.4, 0.5) is 0 Å². The lowest BCUT2D eigenvalue weighted by atomic mass is 10.1. The lowest BCUT2D eigenvalue weighted by molar-refractivity contribution is 0.0702. The molecule has 0 atom stereocenters. The van der Waals surface area contributed by atoms with Crippen LogP contribution in [0.15, 0.2) is 54.9 Å². The van der Waals surface area contributed by atoms with Gasteiger partial charge in [0.15, 0.2) is 0 Å². The first-order chi connectivity index (χ1) is 10.2. The number of thiazole rings is 1. The number of rotatable bonds is 4. The van der Waals surface area contributed by atoms with Gasteiger partial charge in [0.1, 0.15) is 4.88 Å². The Bertz CT molecular complexity index is 754. The summed E-state index contributed by atoms with van der Waals surface area (Å²) in [5.41, 5.74) is 2.43. The molecule has 2 aromatic heterocycles. The van der Waals surface area contributed by atoms with E-state index >= 15 is 0 Å². The summed E-state index contributed by atoms with van der Waals surface area (Å²) in [6.07, 6.45) is 4.05. The van der Waals surface area contributed by atoms with Crippen molar-refractivity contribution in [2.24, 2.45) is 0 Å². The maximum absolute atomic E-state index is 11.4. The average Bonchev–Trinajstić information content (AvgIpc) is 2.93. The van der Waals surface area contributed by atoms with Crippen molar-refractivity contribution in [3.63, 3.8) is 0 Å². The highest BCUT2D eigenvalue weighted by molar-refractivity contribution is 7.14. The molecule has 21 heavy (non-hydrogen) atoms. The first kappa shape index (κ1) is 13.5. The van der Waals surface area contributed by atoms with Crippen molar-refractivity contribution in [2.75, 3.05) is 0 Å². The Balaban J connectivity index is 1.99. The molecule has 5 heteroatoms. The maximum Gasteiger partial charge on any atom is 0.348 e. The normalized spacial score (nSPS) is 10.5. The summed E-state index contributed by atoms with van der Waals surface area (Å²) in [5.74, 6) is -0.938. The van der Waals surface area contributed by atoms with E-state index in [-0.39, 0.29) is 4.88 Å². The van der Waals surface area contributed by atoms with Gasteiger partial charge in [-0.1, -0.05) is 30.3 Å². The molecule has 0 spiro atoms. The number of aromatic carboxylic acids is 1. The Morgan fingerprint density at radius 1 is 1.10 bits per heavy atom. The number of aromatic nitrogens is 2. The Labute approximate surface area is 125 Å². The quantitative estimate of drug-likeness (QED) is 0.800. The van der Waals surface area contributed by atoms with Crippen LogP contribution in [-0.2, 0) is 6.42 Å². The van der Waals surface area contributed by atoms with Gasteiger partial charge >= 0.3 is 5.97 Å². The van der Waals surface area contributed by atoms with Gasteiger partial charge in [-0.2, -0.15) is 0 Å². The number of pyridine rings is 1. The second-order valence-corrected chi connectivity index (χ2v) is 5.57. The lowest BCUT2D eigenvalue weighted by Gasteiger charge is -1.98. The van der Waals surface area contributed by atoms with Gasteiger partial charge in [0.2, 0.25) is 0 Å². The molecule has 0 bridgehead atoms. The van der Waals surface area contributed by atoms with Gasteiger partial charge in [-0.3, -0.25) is 4.98 Å². The van der Waals surface area contributed by atoms with Gasteiger partial charge in [0.05, 0.1) is 10.7 Å². The summed E-state index contributed by atoms with van der Waals surface area (Å²) < 4.78 is 0. The molecular formula is C16H12N2O2S. The standard InChI is InChI=1S/C16H12N2O2S/c19-16(20)15-14(12-4-2-1-3-5-12)18-13(21-15)10-11-6-8-17-9-7-11/h1-9H,10H2,(H,19,20). The largest absolute Gasteiger partial charge is 0.477 e. The van der Waals surface area contributed by atoms with E-state index in [1.165, 1.54) is 11.3 Å². The molecule has 1 aromatic carbocycles. The van der Waals surface area contributed by atoms with Gasteiger partial charge in [0.25, 0.3) is 0 Å². The molecule has 3 rings (SSSR count). The van der Waals surface area contributed by atoms with Gasteiger partial charge in [-0.15, -0.1) is 11.3 Å². The molecule has 0 aliphatic rings. The number of benzene rings is 1. The molecular weight excluding hydrogens is 284 g/mol. The summed E-state index contributed by atoms with van der Waals surface area (Å²) in [6, 6.07) is 13.2. The highest BCUT2D eigenvalue weighted by Gasteiger charge is 2.18. The first-order valence-corrected chi connectivity index (χ1v) is 7.23. The number of hydrogen-bond donors (Lipinski definition) is 1. The Kier molecular flexibility index (Phi) is 3.75. The zero-order chi connectivity index (χ0) is 14.7. The van der Waals surface area contributed by atoms with Crippen LogP contribution < -0.4 is 0 Å². The van der Waals surface area contributed by atoms with Crippen LogP contribution in [0.1, 0.15) is 20.2 Å². The predicted octanol–water partition coefficient (Wildman–Crippen LogP) is 3.49. The molecule has 0 fully saturated rings. The fourth-order valence-corrected chi connectivity index (χ4v) is 3.01. The van der Waals surface area contributed by atoms with Crippen LogP contribution in [0.3, 0.4) is 0 Å². The van der Waals surface area contributed by atoms with Crippen molar-refractivity contribution in [2.45, 2.75) is 6.42 Å². The molecule has 0 aliphatic carbocycles. The van der Waals surface area contributed by atoms with Crippen molar-refractivity contribution in [1.82, 2.24) is 9.97 Å². The fourth-order valence-electron chi connectivity index (χ4n) is 2.05. The summed E-state index contributed by atoms with van der Waals surface area (Å²) in [6.45, 7) is 0. The van der Waals surface area contributed by atoms with Crippen molar-refractivity contribution >= 4 is 17.3 Å². The molecule has 0 saturated carbocycles. The Morgan fingerprint density at radius 2 is 1.81 bits per heavy atom. The summed E-state index contributed by atoms with van der Waals surface area (Å²) >= 11 is 1.23. The molecule has 104 valence electrons. The minimum Gasteiger partial charge on any atom is -0.477 e. The zero-order valence-corrected chi connectivity index (χ0v) is 11.9. The summed E-state index contributed by atoms with van der Waals surface area (Å²) in [5, 5.41) is 10.2. The fraction of sp³-hybridized carbons (Fsp3) is 0.0625. The van der Waals surface area contributed by atoms with Gasteiger partial charge in [-0.25, -0.2) is 9.78 Å². The van der Waals surface area contributed by atoms with E-state index in [9.17, 15) is 9.90 Å². The van der Waals surface area contributed by atoms with Crippen molar-refractivity contribution < 1.29 is 9.90 Å². The molecule has 0 radical (unpaired) electrons. The predicted molar refractivity (Wildman–Crippen MR) is 81.6 cm³/mol. The molecule has 4 nitrogen and oxygen atoms in total. The van der Waals surface area contributed by atoms with E-state index in [2.05, 4.69) is 9.97 Å². The monoisotopic (exact) mass is 296 g/mol. The van der Waals surface area contributed by atoms with Crippen LogP contribution in [-0.4, -0.2) is 21.0 Å². The number of hydrogen-bond acceptors (Lipinski definition) is 4. The molecule has 3 aromatic rings. The van der Waals surface area contributed by atoms with E-state index in [0.29, 0.717) is 12.1 Å². The minimum absolute atomic E-state index is 0.283. The van der Waals surface area contributed by atoms with Gasteiger partial charge in [0, 0.05) is 24.4 Å². The van der Waals surface area contributed by atoms with Crippen LogP contribution >= 0.6 is 11.3 Å². The molecule has 1 N–H and O–H groups in total. The van der Waals surface area contributed by atoms with E-state index in [1.54, 1.807) is 12.4 Å². The smallest absolute Gasteiger partial charge is 0.348 e. The third-order valence-electron chi connectivity index (χ3n) is 3.02. The van der Waals surface area contributed by atoms with Gasteiger partial charge < -0.3 is 5.11 Å². The average molecular weight is 296 g/mol. The van der Waals surface area contributed by atoms with Crippen molar-refractivity contribution in [3.05, 3.63) is 70.3 Å². The van der Waals surface area contributed by atoms with E-state index in [4.69, 9.17) is 0 Å². The first-order valence-electron chi connectivity index (χ1n) is 6.41. The van der Waals surface area contributed by atoms with Crippen LogP contribution in [0, 0.1) is 0 Å². The Hall–Kier alpha value is -2.53. The number of nitrogens with zero attached hydrogens (tertiary/aromatic N) is 2. The van der Waals surface area contributed by atoms with Crippen LogP contribution in [0.5, 0.6) is 0 Å². The minimum atomic E-state index is -0.938. The molecule has 0 saturated heterocycles. The van der Waals surface area contributed by atoms with Crippen LogP contribution in [0.25, 0.3) is 11.3 Å². The molecule has 0 aliphatic heterocycles. The van der Waals surface area contributed by atoms with Gasteiger partial charge in [-0.05, 0) is 17.7 Å². The molecule has 0 unspecified atom stereocenters. The second-order valence-electron chi connectivity index (χ2n) is 4.49. The number of carbonyl (C=O) groups is 1. The SMILES string of the molecule is O=C(O)c1sc(Cc2ccncc2)nc1-c1ccccc1. The summed E-state index contributed by atoms with van der Waals surface area (Å²) in [4.78, 5) is 20.2. The lowest BCUT2D eigenvalue weighted by Crippen LogP contribution is -1.95. The number of carboxylic acids is 1. The Morgan fingerprint density at radius 3 is 2.48 bits per heavy atom. The second kappa shape index (κ2) is 5.85. The van der Waals surface area contributed by atoms with E-state index < -0.39 is 5.97 Å². The molecule has 0 amide bonds. The third kappa shape index (κ3) is 2.98. The maximum atomic E-state index is 11.4. The van der Waals surface area contributed by atoms with Crippen molar-refractivity contribution in [1.29, 1.82) is 0 Å². The van der Waals surface area contributed by atoms with Crippen molar-refractivity contribution in [3.8, 4) is 11.3 Å². The highest BCUT2D eigenvalue weighted by Crippen LogP contribution is 2.29. The number of carboxylic acid groups (broad SMARTS) is 1. The summed E-state index contributed by atoms with van der Waals surface area (Å²) in [7, 11) is 0. The highest BCUT2D eigenvalue weighted by atomic mass is 32.1.